The molecular weight excluding hydrogens is 242 g/mol. The van der Waals surface area contributed by atoms with Gasteiger partial charge in [-0.25, -0.2) is 0 Å². The third-order valence-electron chi connectivity index (χ3n) is 2.74. The number of amides is 2. The molecule has 5 heteroatoms. The van der Waals surface area contributed by atoms with E-state index in [1.54, 1.807) is 36.2 Å². The summed E-state index contributed by atoms with van der Waals surface area (Å²) >= 11 is 0. The van der Waals surface area contributed by atoms with Gasteiger partial charge in [0.05, 0.1) is 6.54 Å². The van der Waals surface area contributed by atoms with Gasteiger partial charge < -0.3 is 15.1 Å². The lowest BCUT2D eigenvalue weighted by Crippen LogP contribution is -2.40. The van der Waals surface area contributed by atoms with Gasteiger partial charge in [-0.15, -0.1) is 0 Å². The summed E-state index contributed by atoms with van der Waals surface area (Å²) in [6.07, 6.45) is 0. The number of carbonyl (C=O) groups excluding carboxylic acids is 2. The van der Waals surface area contributed by atoms with Crippen LogP contribution >= 0.6 is 0 Å². The van der Waals surface area contributed by atoms with Gasteiger partial charge in [-0.2, -0.15) is 0 Å². The Morgan fingerprint density at radius 1 is 1.05 bits per heavy atom. The zero-order chi connectivity index (χ0) is 14.3. The summed E-state index contributed by atoms with van der Waals surface area (Å²) in [5.74, 6) is -0.318. The number of hydrogen-bond acceptors (Lipinski definition) is 3. The zero-order valence-electron chi connectivity index (χ0n) is 11.7. The van der Waals surface area contributed by atoms with Gasteiger partial charge in [-0.3, -0.25) is 9.59 Å². The van der Waals surface area contributed by atoms with Gasteiger partial charge in [-0.05, 0) is 26.2 Å². The first kappa shape index (κ1) is 15.2. The van der Waals surface area contributed by atoms with E-state index in [-0.39, 0.29) is 18.4 Å². The first-order valence-electron chi connectivity index (χ1n) is 6.22. The Hall–Kier alpha value is -1.88. The van der Waals surface area contributed by atoms with Crippen molar-refractivity contribution >= 4 is 11.8 Å². The molecule has 1 rings (SSSR count). The van der Waals surface area contributed by atoms with Crippen LogP contribution in [0.25, 0.3) is 0 Å². The van der Waals surface area contributed by atoms with Crippen LogP contribution in [0.15, 0.2) is 30.3 Å². The summed E-state index contributed by atoms with van der Waals surface area (Å²) in [5, 5.41) is 2.62. The van der Waals surface area contributed by atoms with Gasteiger partial charge in [0.1, 0.15) is 0 Å². The van der Waals surface area contributed by atoms with Crippen molar-refractivity contribution in [3.05, 3.63) is 35.9 Å². The van der Waals surface area contributed by atoms with Gasteiger partial charge in [0.25, 0.3) is 5.91 Å². The molecule has 0 aliphatic carbocycles. The molecule has 19 heavy (non-hydrogen) atoms. The molecule has 0 fully saturated rings. The SMILES string of the molecule is CN(C)CCN(C)C(=O)CNC(=O)c1ccccc1. The van der Waals surface area contributed by atoms with Gasteiger partial charge in [0.2, 0.25) is 5.91 Å². The van der Waals surface area contributed by atoms with Crippen LogP contribution in [0, 0.1) is 0 Å². The van der Waals surface area contributed by atoms with E-state index in [0.29, 0.717) is 12.1 Å². The molecule has 1 N–H and O–H groups in total. The third-order valence-corrected chi connectivity index (χ3v) is 2.74. The van der Waals surface area contributed by atoms with E-state index in [4.69, 9.17) is 0 Å². The Balaban J connectivity index is 2.36. The van der Waals surface area contributed by atoms with E-state index >= 15 is 0 Å². The molecule has 0 spiro atoms. The van der Waals surface area contributed by atoms with Crippen molar-refractivity contribution in [2.24, 2.45) is 0 Å². The number of benzene rings is 1. The highest BCUT2D eigenvalue weighted by atomic mass is 16.2. The quantitative estimate of drug-likeness (QED) is 0.810. The fourth-order valence-corrected chi connectivity index (χ4v) is 1.46. The van der Waals surface area contributed by atoms with E-state index < -0.39 is 0 Å². The van der Waals surface area contributed by atoms with Crippen LogP contribution in [0.4, 0.5) is 0 Å². The predicted octanol–water partition coefficient (Wildman–Crippen LogP) is 0.436. The monoisotopic (exact) mass is 263 g/mol. The standard InChI is InChI=1S/C14H21N3O2/c1-16(2)9-10-17(3)13(18)11-15-14(19)12-7-5-4-6-8-12/h4-8H,9-11H2,1-3H3,(H,15,19). The average Bonchev–Trinajstić information content (AvgIpc) is 2.42. The predicted molar refractivity (Wildman–Crippen MR) is 75.0 cm³/mol. The van der Waals surface area contributed by atoms with Crippen LogP contribution < -0.4 is 5.32 Å². The molecule has 0 radical (unpaired) electrons. The van der Waals surface area contributed by atoms with E-state index in [1.165, 1.54) is 0 Å². The Labute approximate surface area is 114 Å². The topological polar surface area (TPSA) is 52.6 Å². The second kappa shape index (κ2) is 7.53. The van der Waals surface area contributed by atoms with Crippen molar-refractivity contribution < 1.29 is 9.59 Å². The molecule has 0 heterocycles. The molecule has 0 bridgehead atoms. The fraction of sp³-hybridized carbons (Fsp3) is 0.429. The number of nitrogens with zero attached hydrogens (tertiary/aromatic N) is 2. The van der Waals surface area contributed by atoms with Crippen molar-refractivity contribution in [3.8, 4) is 0 Å². The highest BCUT2D eigenvalue weighted by Crippen LogP contribution is 1.97. The number of likely N-dealkylation sites (N-methyl/N-ethyl adjacent to an activating group) is 2. The Morgan fingerprint density at radius 2 is 1.68 bits per heavy atom. The van der Waals surface area contributed by atoms with Crippen LogP contribution in [0.2, 0.25) is 0 Å². The molecule has 104 valence electrons. The maximum Gasteiger partial charge on any atom is 0.251 e. The van der Waals surface area contributed by atoms with Crippen molar-refractivity contribution in [2.45, 2.75) is 0 Å². The lowest BCUT2D eigenvalue weighted by Gasteiger charge is -2.19. The smallest absolute Gasteiger partial charge is 0.251 e. The molecule has 1 aromatic carbocycles. The normalized spacial score (nSPS) is 10.3. The van der Waals surface area contributed by atoms with E-state index in [9.17, 15) is 9.59 Å². The average molecular weight is 263 g/mol. The number of carbonyl (C=O) groups is 2. The molecule has 0 aliphatic heterocycles. The first-order chi connectivity index (χ1) is 9.00. The summed E-state index contributed by atoms with van der Waals surface area (Å²) < 4.78 is 0. The second-order valence-electron chi connectivity index (χ2n) is 4.67. The Bertz CT molecular complexity index is 418. The summed E-state index contributed by atoms with van der Waals surface area (Å²) in [4.78, 5) is 27.2. The summed E-state index contributed by atoms with van der Waals surface area (Å²) in [7, 11) is 5.64. The van der Waals surface area contributed by atoms with Gasteiger partial charge >= 0.3 is 0 Å². The first-order valence-corrected chi connectivity index (χ1v) is 6.22. The van der Waals surface area contributed by atoms with Gasteiger partial charge in [0.15, 0.2) is 0 Å². The molecule has 0 atom stereocenters. The van der Waals surface area contributed by atoms with E-state index in [0.717, 1.165) is 6.54 Å². The van der Waals surface area contributed by atoms with Gasteiger partial charge in [-0.1, -0.05) is 18.2 Å². The highest BCUT2D eigenvalue weighted by molar-refractivity contribution is 5.96. The molecule has 0 unspecified atom stereocenters. The maximum absolute atomic E-state index is 11.8. The summed E-state index contributed by atoms with van der Waals surface area (Å²) in [5.41, 5.74) is 0.561. The minimum Gasteiger partial charge on any atom is -0.343 e. The van der Waals surface area contributed by atoms with Crippen molar-refractivity contribution in [2.75, 3.05) is 40.8 Å². The van der Waals surface area contributed by atoms with Crippen LogP contribution in [0.3, 0.4) is 0 Å². The maximum atomic E-state index is 11.8. The molecular formula is C14H21N3O2. The van der Waals surface area contributed by atoms with Crippen molar-refractivity contribution in [1.82, 2.24) is 15.1 Å². The molecule has 5 nitrogen and oxygen atoms in total. The molecule has 2 amide bonds. The molecule has 1 aromatic rings. The number of nitrogens with one attached hydrogen (secondary N) is 1. The van der Waals surface area contributed by atoms with E-state index in [2.05, 4.69) is 5.32 Å². The van der Waals surface area contributed by atoms with Gasteiger partial charge in [0, 0.05) is 25.7 Å². The Morgan fingerprint density at radius 3 is 2.26 bits per heavy atom. The minimum absolute atomic E-state index is 0.0255. The minimum atomic E-state index is -0.227. The third kappa shape index (κ3) is 5.52. The molecule has 0 aliphatic rings. The molecule has 0 aromatic heterocycles. The second-order valence-corrected chi connectivity index (χ2v) is 4.67. The number of hydrogen-bond donors (Lipinski definition) is 1. The zero-order valence-corrected chi connectivity index (χ0v) is 11.7. The largest absolute Gasteiger partial charge is 0.343 e. The van der Waals surface area contributed by atoms with Crippen LogP contribution in [0.5, 0.6) is 0 Å². The lowest BCUT2D eigenvalue weighted by molar-refractivity contribution is -0.128. The van der Waals surface area contributed by atoms with Crippen LogP contribution in [-0.2, 0) is 4.79 Å². The molecule has 0 saturated heterocycles. The van der Waals surface area contributed by atoms with Crippen LogP contribution in [0.1, 0.15) is 10.4 Å². The molecule has 0 saturated carbocycles. The van der Waals surface area contributed by atoms with Crippen LogP contribution in [-0.4, -0.2) is 62.4 Å². The highest BCUT2D eigenvalue weighted by Gasteiger charge is 2.11. The van der Waals surface area contributed by atoms with Crippen molar-refractivity contribution in [1.29, 1.82) is 0 Å². The van der Waals surface area contributed by atoms with E-state index in [1.807, 2.05) is 25.1 Å². The number of rotatable bonds is 6. The summed E-state index contributed by atoms with van der Waals surface area (Å²) in [6, 6.07) is 8.86. The van der Waals surface area contributed by atoms with Crippen molar-refractivity contribution in [3.63, 3.8) is 0 Å². The fourth-order valence-electron chi connectivity index (χ4n) is 1.46. The summed E-state index contributed by atoms with van der Waals surface area (Å²) in [6.45, 7) is 1.47. The lowest BCUT2D eigenvalue weighted by atomic mass is 10.2. The Kier molecular flexibility index (Phi) is 6.02.